The van der Waals surface area contributed by atoms with Gasteiger partial charge in [-0.2, -0.15) is 0 Å². The zero-order valence-electron chi connectivity index (χ0n) is 16.3. The molecule has 0 radical (unpaired) electrons. The Hall–Kier alpha value is -2.51. The van der Waals surface area contributed by atoms with E-state index in [1.54, 1.807) is 38.7 Å². The maximum absolute atomic E-state index is 12.7. The molecule has 4 heterocycles. The van der Waals surface area contributed by atoms with Crippen LogP contribution in [0.15, 0.2) is 42.9 Å². The summed E-state index contributed by atoms with van der Waals surface area (Å²) >= 11 is 0. The Balaban J connectivity index is 1.37. The molecule has 0 N–H and O–H groups in total. The number of piperidine rings is 1. The molecule has 0 spiro atoms. The largest absolute Gasteiger partial charge is 0.481 e. The Morgan fingerprint density at radius 3 is 2.57 bits per heavy atom. The zero-order chi connectivity index (χ0) is 19.5. The maximum Gasteiger partial charge on any atom is 0.255 e. The zero-order valence-corrected chi connectivity index (χ0v) is 16.3. The SMILES string of the molecule is COc1ccc(C(=O)N2CCC(N3C[C@H](OC)[C@@H]3c3cccnc3)CC2)cn1. The van der Waals surface area contributed by atoms with Gasteiger partial charge < -0.3 is 14.4 Å². The van der Waals surface area contributed by atoms with E-state index in [0.717, 1.165) is 32.5 Å². The van der Waals surface area contributed by atoms with Crippen LogP contribution in [0.5, 0.6) is 5.88 Å². The van der Waals surface area contributed by atoms with E-state index in [0.29, 0.717) is 17.5 Å². The maximum atomic E-state index is 12.7. The van der Waals surface area contributed by atoms with Gasteiger partial charge in [0.2, 0.25) is 5.88 Å². The third-order valence-corrected chi connectivity index (χ3v) is 5.84. The molecule has 2 aliphatic heterocycles. The number of hydrogen-bond acceptors (Lipinski definition) is 6. The Morgan fingerprint density at radius 2 is 1.96 bits per heavy atom. The second kappa shape index (κ2) is 8.24. The van der Waals surface area contributed by atoms with Crippen molar-refractivity contribution < 1.29 is 14.3 Å². The molecule has 4 rings (SSSR count). The van der Waals surface area contributed by atoms with E-state index in [4.69, 9.17) is 9.47 Å². The molecule has 0 unspecified atom stereocenters. The van der Waals surface area contributed by atoms with E-state index in [9.17, 15) is 4.79 Å². The molecular weight excluding hydrogens is 356 g/mol. The van der Waals surface area contributed by atoms with E-state index < -0.39 is 0 Å². The van der Waals surface area contributed by atoms with Crippen LogP contribution in [-0.4, -0.2) is 71.7 Å². The molecule has 0 saturated carbocycles. The number of hydrogen-bond donors (Lipinski definition) is 0. The molecule has 2 atom stereocenters. The van der Waals surface area contributed by atoms with Crippen LogP contribution in [0.1, 0.15) is 34.8 Å². The molecule has 148 valence electrons. The summed E-state index contributed by atoms with van der Waals surface area (Å²) < 4.78 is 10.7. The predicted octanol–water partition coefficient (Wildman–Crippen LogP) is 2.16. The summed E-state index contributed by atoms with van der Waals surface area (Å²) in [6, 6.07) is 8.29. The standard InChI is InChI=1S/C21H26N4O3/c1-27-18-14-25(20(18)15-4-3-9-22-12-15)17-7-10-24(11-8-17)21(26)16-5-6-19(28-2)23-13-16/h3-6,9,12-13,17-18,20H,7-8,10-11,14H2,1-2H3/t18-,20-/m0/s1. The fraction of sp³-hybridized carbons (Fsp3) is 0.476. The summed E-state index contributed by atoms with van der Waals surface area (Å²) in [5, 5.41) is 0. The first-order valence-electron chi connectivity index (χ1n) is 9.69. The van der Waals surface area contributed by atoms with Crippen LogP contribution in [0, 0.1) is 0 Å². The normalized spacial score (nSPS) is 23.3. The summed E-state index contributed by atoms with van der Waals surface area (Å²) in [6.45, 7) is 2.43. The van der Waals surface area contributed by atoms with Gasteiger partial charge in [-0.1, -0.05) is 6.07 Å². The number of rotatable bonds is 5. The summed E-state index contributed by atoms with van der Waals surface area (Å²) in [7, 11) is 3.34. The van der Waals surface area contributed by atoms with Crippen molar-refractivity contribution in [3.63, 3.8) is 0 Å². The van der Waals surface area contributed by atoms with Gasteiger partial charge in [0.15, 0.2) is 0 Å². The summed E-state index contributed by atoms with van der Waals surface area (Å²) in [5.74, 6) is 0.554. The lowest BCUT2D eigenvalue weighted by Gasteiger charge is -2.52. The van der Waals surface area contributed by atoms with Crippen molar-refractivity contribution in [1.82, 2.24) is 19.8 Å². The molecule has 2 aromatic rings. The van der Waals surface area contributed by atoms with Gasteiger partial charge in [0.1, 0.15) is 0 Å². The van der Waals surface area contributed by atoms with Gasteiger partial charge >= 0.3 is 0 Å². The van der Waals surface area contributed by atoms with Crippen LogP contribution in [0.25, 0.3) is 0 Å². The molecule has 1 amide bonds. The molecule has 2 fully saturated rings. The van der Waals surface area contributed by atoms with Gasteiger partial charge in [-0.05, 0) is 30.5 Å². The highest BCUT2D eigenvalue weighted by Crippen LogP contribution is 2.39. The van der Waals surface area contributed by atoms with E-state index in [1.807, 2.05) is 17.2 Å². The predicted molar refractivity (Wildman–Crippen MR) is 104 cm³/mol. The number of carbonyl (C=O) groups is 1. The number of methoxy groups -OCH3 is 2. The van der Waals surface area contributed by atoms with Crippen LogP contribution in [0.2, 0.25) is 0 Å². The first kappa shape index (κ1) is 18.8. The minimum atomic E-state index is 0.0378. The van der Waals surface area contributed by atoms with E-state index in [1.165, 1.54) is 5.56 Å². The van der Waals surface area contributed by atoms with Gasteiger partial charge in [-0.15, -0.1) is 0 Å². The van der Waals surface area contributed by atoms with Crippen LogP contribution >= 0.6 is 0 Å². The first-order chi connectivity index (χ1) is 13.7. The number of nitrogens with zero attached hydrogens (tertiary/aromatic N) is 4. The average molecular weight is 382 g/mol. The van der Waals surface area contributed by atoms with Crippen molar-refractivity contribution in [3.05, 3.63) is 54.0 Å². The first-order valence-corrected chi connectivity index (χ1v) is 9.69. The topological polar surface area (TPSA) is 67.8 Å². The van der Waals surface area contributed by atoms with E-state index in [2.05, 4.69) is 20.9 Å². The number of ether oxygens (including phenoxy) is 2. The van der Waals surface area contributed by atoms with Crippen LogP contribution in [-0.2, 0) is 4.74 Å². The smallest absolute Gasteiger partial charge is 0.255 e. The number of carbonyl (C=O) groups excluding carboxylic acids is 1. The molecule has 2 saturated heterocycles. The van der Waals surface area contributed by atoms with Crippen LogP contribution in [0.3, 0.4) is 0 Å². The minimum Gasteiger partial charge on any atom is -0.481 e. The molecule has 7 heteroatoms. The third kappa shape index (κ3) is 3.59. The molecule has 2 aliphatic rings. The fourth-order valence-corrected chi connectivity index (χ4v) is 4.24. The molecule has 2 aromatic heterocycles. The number of aromatic nitrogens is 2. The number of amides is 1. The molecule has 28 heavy (non-hydrogen) atoms. The van der Waals surface area contributed by atoms with Crippen molar-refractivity contribution in [2.45, 2.75) is 31.0 Å². The molecule has 7 nitrogen and oxygen atoms in total. The Morgan fingerprint density at radius 1 is 1.14 bits per heavy atom. The third-order valence-electron chi connectivity index (χ3n) is 5.84. The number of pyridine rings is 2. The van der Waals surface area contributed by atoms with Crippen molar-refractivity contribution in [3.8, 4) is 5.88 Å². The highest BCUT2D eigenvalue weighted by Gasteiger charge is 2.44. The van der Waals surface area contributed by atoms with Gasteiger partial charge in [-0.3, -0.25) is 14.7 Å². The van der Waals surface area contributed by atoms with Gasteiger partial charge in [0.25, 0.3) is 5.91 Å². The molecular formula is C21H26N4O3. The monoisotopic (exact) mass is 382 g/mol. The number of likely N-dealkylation sites (tertiary alicyclic amines) is 2. The van der Waals surface area contributed by atoms with Crippen LogP contribution in [0.4, 0.5) is 0 Å². The molecule has 0 aliphatic carbocycles. The second-order valence-corrected chi connectivity index (χ2v) is 7.31. The Labute approximate surface area is 165 Å². The lowest BCUT2D eigenvalue weighted by molar-refractivity contribution is -0.115. The van der Waals surface area contributed by atoms with Crippen LogP contribution < -0.4 is 4.74 Å². The highest BCUT2D eigenvalue weighted by molar-refractivity contribution is 5.94. The lowest BCUT2D eigenvalue weighted by Crippen LogP contribution is -2.60. The minimum absolute atomic E-state index is 0.0378. The lowest BCUT2D eigenvalue weighted by atomic mass is 9.87. The molecule has 0 bridgehead atoms. The second-order valence-electron chi connectivity index (χ2n) is 7.31. The van der Waals surface area contributed by atoms with Gasteiger partial charge in [0, 0.05) is 57.4 Å². The Bertz CT molecular complexity index is 791. The van der Waals surface area contributed by atoms with Gasteiger partial charge in [-0.25, -0.2) is 4.98 Å². The Kier molecular flexibility index (Phi) is 5.54. The molecule has 0 aromatic carbocycles. The average Bonchev–Trinajstić information content (AvgIpc) is 2.74. The quantitative estimate of drug-likeness (QED) is 0.789. The highest BCUT2D eigenvalue weighted by atomic mass is 16.5. The van der Waals surface area contributed by atoms with Crippen molar-refractivity contribution in [2.24, 2.45) is 0 Å². The summed E-state index contributed by atoms with van der Waals surface area (Å²) in [6.07, 6.45) is 7.44. The van der Waals surface area contributed by atoms with Gasteiger partial charge in [0.05, 0.1) is 24.8 Å². The van der Waals surface area contributed by atoms with Crippen molar-refractivity contribution in [2.75, 3.05) is 33.9 Å². The summed E-state index contributed by atoms with van der Waals surface area (Å²) in [4.78, 5) is 25.6. The van der Waals surface area contributed by atoms with E-state index >= 15 is 0 Å². The fourth-order valence-electron chi connectivity index (χ4n) is 4.24. The van der Waals surface area contributed by atoms with Crippen molar-refractivity contribution >= 4 is 5.91 Å². The summed E-state index contributed by atoms with van der Waals surface area (Å²) in [5.41, 5.74) is 1.80. The van der Waals surface area contributed by atoms with E-state index in [-0.39, 0.29) is 18.1 Å². The van der Waals surface area contributed by atoms with Crippen molar-refractivity contribution in [1.29, 1.82) is 0 Å².